The van der Waals surface area contributed by atoms with Crippen molar-refractivity contribution in [1.29, 1.82) is 0 Å². The van der Waals surface area contributed by atoms with E-state index in [2.05, 4.69) is 24.1 Å². The Morgan fingerprint density at radius 1 is 1.33 bits per heavy atom. The number of nitrogens with one attached hydrogen (secondary N) is 1. The van der Waals surface area contributed by atoms with Gasteiger partial charge in [0.05, 0.1) is 5.69 Å². The Hall–Kier alpha value is -1.07. The quantitative estimate of drug-likeness (QED) is 0.843. The summed E-state index contributed by atoms with van der Waals surface area (Å²) in [7, 11) is 0. The third-order valence-electron chi connectivity index (χ3n) is 2.94. The molecule has 0 aromatic carbocycles. The number of hydrogen-bond acceptors (Lipinski definition) is 4. The van der Waals surface area contributed by atoms with Crippen molar-refractivity contribution < 1.29 is 9.21 Å². The molecule has 0 radical (unpaired) electrons. The van der Waals surface area contributed by atoms with Gasteiger partial charge in [-0.2, -0.15) is 0 Å². The van der Waals surface area contributed by atoms with Crippen LogP contribution in [0.25, 0.3) is 0 Å². The van der Waals surface area contributed by atoms with Gasteiger partial charge in [-0.1, -0.05) is 0 Å². The highest BCUT2D eigenvalue weighted by Gasteiger charge is 2.28. The van der Waals surface area contributed by atoms with Crippen molar-refractivity contribution in [1.82, 2.24) is 15.2 Å². The van der Waals surface area contributed by atoms with Gasteiger partial charge < -0.3 is 14.6 Å². The highest BCUT2D eigenvalue weighted by Crippen LogP contribution is 2.15. The minimum Gasteiger partial charge on any atom is -0.436 e. The summed E-state index contributed by atoms with van der Waals surface area (Å²) in [5, 5.41) is 3.40. The van der Waals surface area contributed by atoms with E-state index in [1.807, 2.05) is 4.90 Å². The summed E-state index contributed by atoms with van der Waals surface area (Å²) < 4.78 is 5.38. The predicted octanol–water partition coefficient (Wildman–Crippen LogP) is 1.54. The Morgan fingerprint density at radius 2 is 1.89 bits per heavy atom. The predicted molar refractivity (Wildman–Crippen MR) is 71.2 cm³/mol. The van der Waals surface area contributed by atoms with Gasteiger partial charge >= 0.3 is 0 Å². The number of oxazole rings is 1. The summed E-state index contributed by atoms with van der Waals surface area (Å²) in [5.74, 6) is 0.870. The zero-order valence-electron chi connectivity index (χ0n) is 11.2. The molecule has 2 atom stereocenters. The molecule has 1 fully saturated rings. The molecule has 102 valence electrons. The van der Waals surface area contributed by atoms with Crippen molar-refractivity contribution in [2.24, 2.45) is 0 Å². The summed E-state index contributed by atoms with van der Waals surface area (Å²) in [4.78, 5) is 18.3. The van der Waals surface area contributed by atoms with Crippen molar-refractivity contribution in [3.05, 3.63) is 17.3 Å². The first-order valence-electron chi connectivity index (χ1n) is 5.96. The molecule has 0 bridgehead atoms. The van der Waals surface area contributed by atoms with Crippen LogP contribution in [0.1, 0.15) is 36.0 Å². The van der Waals surface area contributed by atoms with E-state index in [9.17, 15) is 4.79 Å². The number of hydrogen-bond donors (Lipinski definition) is 1. The minimum atomic E-state index is -0.0525. The van der Waals surface area contributed by atoms with Crippen molar-refractivity contribution >= 4 is 18.3 Å². The molecule has 1 N–H and O–H groups in total. The van der Waals surface area contributed by atoms with Gasteiger partial charge in [0.25, 0.3) is 5.91 Å². The number of amides is 1. The number of aromatic nitrogens is 1. The number of halogens is 1. The highest BCUT2D eigenvalue weighted by atomic mass is 35.5. The Bertz CT molecular complexity index is 423. The van der Waals surface area contributed by atoms with Crippen LogP contribution in [0.4, 0.5) is 0 Å². The third kappa shape index (κ3) is 3.03. The van der Waals surface area contributed by atoms with E-state index in [-0.39, 0.29) is 18.3 Å². The van der Waals surface area contributed by atoms with Crippen LogP contribution >= 0.6 is 12.4 Å². The lowest BCUT2D eigenvalue weighted by molar-refractivity contribution is 0.0639. The molecule has 0 saturated carbocycles. The molecular formula is C12H20ClN3O2. The van der Waals surface area contributed by atoms with Crippen LogP contribution in [0.3, 0.4) is 0 Å². The van der Waals surface area contributed by atoms with Gasteiger partial charge in [-0.25, -0.2) is 4.98 Å². The maximum atomic E-state index is 12.3. The Kier molecular flexibility index (Phi) is 4.76. The van der Waals surface area contributed by atoms with Crippen LogP contribution in [0.5, 0.6) is 0 Å². The summed E-state index contributed by atoms with van der Waals surface area (Å²) >= 11 is 0. The molecule has 18 heavy (non-hydrogen) atoms. The average molecular weight is 274 g/mol. The standard InChI is InChI=1S/C12H19N3O2.ClH/c1-7-5-15(6-8(2)13-7)12(16)11-9(3)14-10(4)17-11;/h7-8,13H,5-6H2,1-4H3;1H. The van der Waals surface area contributed by atoms with Crippen molar-refractivity contribution in [2.75, 3.05) is 13.1 Å². The molecule has 1 aliphatic heterocycles. The Balaban J connectivity index is 0.00000162. The summed E-state index contributed by atoms with van der Waals surface area (Å²) in [6.07, 6.45) is 0. The lowest BCUT2D eigenvalue weighted by Crippen LogP contribution is -2.55. The smallest absolute Gasteiger partial charge is 0.291 e. The zero-order valence-corrected chi connectivity index (χ0v) is 12.0. The second kappa shape index (κ2) is 5.71. The fourth-order valence-electron chi connectivity index (χ4n) is 2.37. The van der Waals surface area contributed by atoms with E-state index in [1.54, 1.807) is 13.8 Å². The Labute approximate surface area is 113 Å². The molecule has 1 aromatic rings. The van der Waals surface area contributed by atoms with Gasteiger partial charge in [0.15, 0.2) is 5.89 Å². The van der Waals surface area contributed by atoms with Crippen LogP contribution in [-0.2, 0) is 0 Å². The molecule has 1 saturated heterocycles. The fraction of sp³-hybridized carbons (Fsp3) is 0.667. The normalized spacial score (nSPS) is 23.7. The van der Waals surface area contributed by atoms with Gasteiger partial charge in [-0.15, -0.1) is 12.4 Å². The van der Waals surface area contributed by atoms with E-state index >= 15 is 0 Å². The van der Waals surface area contributed by atoms with Crippen molar-refractivity contribution in [3.63, 3.8) is 0 Å². The molecule has 6 heteroatoms. The monoisotopic (exact) mass is 273 g/mol. The van der Waals surface area contributed by atoms with E-state index in [0.29, 0.717) is 42.5 Å². The number of carbonyl (C=O) groups excluding carboxylic acids is 1. The van der Waals surface area contributed by atoms with Crippen LogP contribution in [0, 0.1) is 13.8 Å². The Morgan fingerprint density at radius 3 is 2.33 bits per heavy atom. The highest BCUT2D eigenvalue weighted by molar-refractivity contribution is 5.92. The second-order valence-electron chi connectivity index (χ2n) is 4.83. The lowest BCUT2D eigenvalue weighted by atomic mass is 10.1. The van der Waals surface area contributed by atoms with Gasteiger partial charge in [0, 0.05) is 32.1 Å². The molecule has 2 unspecified atom stereocenters. The first-order chi connectivity index (χ1) is 7.97. The zero-order chi connectivity index (χ0) is 12.6. The molecule has 0 aliphatic carbocycles. The van der Waals surface area contributed by atoms with Crippen LogP contribution in [-0.4, -0.2) is 41.0 Å². The largest absolute Gasteiger partial charge is 0.436 e. The first kappa shape index (κ1) is 15.0. The topological polar surface area (TPSA) is 58.4 Å². The average Bonchev–Trinajstić information content (AvgIpc) is 2.55. The van der Waals surface area contributed by atoms with Gasteiger partial charge in [-0.05, 0) is 20.8 Å². The molecule has 5 nitrogen and oxygen atoms in total. The summed E-state index contributed by atoms with van der Waals surface area (Å²) in [6.45, 7) is 9.14. The van der Waals surface area contributed by atoms with Crippen molar-refractivity contribution in [2.45, 2.75) is 39.8 Å². The van der Waals surface area contributed by atoms with Gasteiger partial charge in [0.1, 0.15) is 0 Å². The van der Waals surface area contributed by atoms with E-state index in [0.717, 1.165) is 0 Å². The summed E-state index contributed by atoms with van der Waals surface area (Å²) in [6, 6.07) is 0.624. The number of carbonyl (C=O) groups is 1. The van der Waals surface area contributed by atoms with E-state index in [1.165, 1.54) is 0 Å². The number of nitrogens with zero attached hydrogens (tertiary/aromatic N) is 2. The summed E-state index contributed by atoms with van der Waals surface area (Å²) in [5.41, 5.74) is 0.673. The first-order valence-corrected chi connectivity index (χ1v) is 5.96. The van der Waals surface area contributed by atoms with Crippen LogP contribution in [0.2, 0.25) is 0 Å². The van der Waals surface area contributed by atoms with Crippen LogP contribution < -0.4 is 5.32 Å². The number of aryl methyl sites for hydroxylation is 2. The van der Waals surface area contributed by atoms with E-state index in [4.69, 9.17) is 4.42 Å². The number of piperazine rings is 1. The van der Waals surface area contributed by atoms with Crippen LogP contribution in [0.15, 0.2) is 4.42 Å². The SMILES string of the molecule is Cc1nc(C)c(C(=O)N2CC(C)NC(C)C2)o1.Cl. The molecular weight excluding hydrogens is 254 g/mol. The third-order valence-corrected chi connectivity index (χ3v) is 2.94. The molecule has 2 heterocycles. The van der Waals surface area contributed by atoms with Gasteiger partial charge in [0.2, 0.25) is 5.76 Å². The molecule has 0 spiro atoms. The molecule has 1 aliphatic rings. The maximum Gasteiger partial charge on any atom is 0.291 e. The molecule has 1 amide bonds. The maximum absolute atomic E-state index is 12.3. The van der Waals surface area contributed by atoms with Crippen molar-refractivity contribution in [3.8, 4) is 0 Å². The minimum absolute atomic E-state index is 0. The number of rotatable bonds is 1. The van der Waals surface area contributed by atoms with Gasteiger partial charge in [-0.3, -0.25) is 4.79 Å². The molecule has 2 rings (SSSR count). The molecule has 1 aromatic heterocycles. The van der Waals surface area contributed by atoms with E-state index < -0.39 is 0 Å². The fourth-order valence-corrected chi connectivity index (χ4v) is 2.37. The lowest BCUT2D eigenvalue weighted by Gasteiger charge is -2.35. The second-order valence-corrected chi connectivity index (χ2v) is 4.83.